The summed E-state index contributed by atoms with van der Waals surface area (Å²) in [5.41, 5.74) is 6.55. The highest BCUT2D eigenvalue weighted by Crippen LogP contribution is 2.60. The van der Waals surface area contributed by atoms with Gasteiger partial charge in [0.25, 0.3) is 0 Å². The minimum Gasteiger partial charge on any atom is -0.496 e. The molecule has 1 aromatic heterocycles. The minimum atomic E-state index is -0.542. The molecule has 2 aliphatic heterocycles. The maximum absolute atomic E-state index is 6.46. The number of hydroxylamine groups is 2. The Balaban J connectivity index is 1.54. The van der Waals surface area contributed by atoms with Crippen molar-refractivity contribution >= 4 is 23.4 Å². The van der Waals surface area contributed by atoms with Crippen LogP contribution in [0.1, 0.15) is 37.0 Å². The maximum atomic E-state index is 6.46. The molecule has 3 aliphatic rings. The van der Waals surface area contributed by atoms with Crippen LogP contribution in [-0.2, 0) is 14.3 Å². The number of benzene rings is 3. The molecule has 5 nitrogen and oxygen atoms in total. The Bertz CT molecular complexity index is 1680. The molecule has 42 heavy (non-hydrogen) atoms. The number of nitrogens with zero attached hydrogens (tertiary/aromatic N) is 3. The summed E-state index contributed by atoms with van der Waals surface area (Å²) in [6.07, 6.45) is 11.4. The first-order valence-electron chi connectivity index (χ1n) is 14.2. The number of quaternary nitrogens is 1. The number of methoxy groups -OCH3 is 1. The average Bonchev–Trinajstić information content (AvgIpc) is 3.55. The van der Waals surface area contributed by atoms with Crippen molar-refractivity contribution in [2.75, 3.05) is 14.2 Å². The Morgan fingerprint density at radius 3 is 1.93 bits per heavy atom. The lowest BCUT2D eigenvalue weighted by atomic mass is 9.78. The summed E-state index contributed by atoms with van der Waals surface area (Å²) in [7, 11) is 3.54. The number of thioether (sulfide) groups is 1. The molecule has 1 spiro atoms. The molecule has 7 rings (SSSR count). The third kappa shape index (κ3) is 3.49. The highest BCUT2D eigenvalue weighted by molar-refractivity contribution is 8.00. The smallest absolute Gasteiger partial charge is 0.354 e. The maximum Gasteiger partial charge on any atom is 0.354 e. The number of hydrogen-bond donors (Lipinski definition) is 0. The van der Waals surface area contributed by atoms with Crippen LogP contribution in [0, 0.1) is 0 Å². The van der Waals surface area contributed by atoms with Crippen LogP contribution in [-0.4, -0.2) is 29.3 Å². The van der Waals surface area contributed by atoms with Gasteiger partial charge in [-0.1, -0.05) is 113 Å². The number of hydrogen-bond acceptors (Lipinski definition) is 4. The summed E-state index contributed by atoms with van der Waals surface area (Å²) in [4.78, 5) is 11.6. The van der Waals surface area contributed by atoms with Gasteiger partial charge in [0.1, 0.15) is 22.7 Å². The molecule has 1 aliphatic carbocycles. The summed E-state index contributed by atoms with van der Waals surface area (Å²) in [5.74, 6) is 1.77. The molecule has 0 amide bonds. The van der Waals surface area contributed by atoms with Crippen LogP contribution in [0.15, 0.2) is 144 Å². The molecule has 4 aromatic rings. The number of rotatable bonds is 7. The van der Waals surface area contributed by atoms with E-state index in [0.29, 0.717) is 0 Å². The lowest BCUT2D eigenvalue weighted by molar-refractivity contribution is -0.118. The van der Waals surface area contributed by atoms with Crippen molar-refractivity contribution in [3.8, 4) is 0 Å². The number of imidazole rings is 1. The van der Waals surface area contributed by atoms with Crippen LogP contribution in [0.4, 0.5) is 5.95 Å². The van der Waals surface area contributed by atoms with Crippen molar-refractivity contribution in [2.45, 2.75) is 35.6 Å². The molecule has 2 unspecified atom stereocenters. The molecule has 0 N–H and O–H groups in total. The Morgan fingerprint density at radius 2 is 1.40 bits per heavy atom. The zero-order chi connectivity index (χ0) is 29.0. The van der Waals surface area contributed by atoms with Crippen molar-refractivity contribution < 1.29 is 9.57 Å². The molecule has 0 bridgehead atoms. The lowest BCUT2D eigenvalue weighted by Crippen LogP contribution is -2.60. The molecular formula is C36H34N3O2S+. The molecule has 6 heteroatoms. The van der Waals surface area contributed by atoms with Gasteiger partial charge in [-0.2, -0.15) is 9.82 Å². The van der Waals surface area contributed by atoms with Crippen LogP contribution in [0.3, 0.4) is 0 Å². The zero-order valence-electron chi connectivity index (χ0n) is 24.3. The molecular weight excluding hydrogens is 538 g/mol. The Morgan fingerprint density at radius 1 is 0.833 bits per heavy atom. The van der Waals surface area contributed by atoms with E-state index in [-0.39, 0.29) is 4.65 Å². The van der Waals surface area contributed by atoms with Gasteiger partial charge >= 0.3 is 5.95 Å². The van der Waals surface area contributed by atoms with Crippen molar-refractivity contribution in [3.63, 3.8) is 0 Å². The topological polar surface area (TPSA) is 36.3 Å². The quantitative estimate of drug-likeness (QED) is 0.127. The second-order valence-electron chi connectivity index (χ2n) is 11.0. The first-order chi connectivity index (χ1) is 20.5. The van der Waals surface area contributed by atoms with E-state index in [0.717, 1.165) is 34.4 Å². The van der Waals surface area contributed by atoms with Gasteiger partial charge in [0.05, 0.1) is 25.2 Å². The predicted octanol–water partition coefficient (Wildman–Crippen LogP) is 8.23. The van der Waals surface area contributed by atoms with Gasteiger partial charge in [-0.05, 0) is 48.3 Å². The third-order valence-electron chi connectivity index (χ3n) is 8.92. The van der Waals surface area contributed by atoms with E-state index < -0.39 is 10.3 Å². The highest BCUT2D eigenvalue weighted by Gasteiger charge is 2.67. The molecule has 2 atom stereocenters. The van der Waals surface area contributed by atoms with Crippen molar-refractivity contribution in [3.05, 3.63) is 155 Å². The summed E-state index contributed by atoms with van der Waals surface area (Å²) in [6, 6.07) is 32.4. The van der Waals surface area contributed by atoms with Crippen LogP contribution < -0.4 is 4.65 Å². The summed E-state index contributed by atoms with van der Waals surface area (Å²) in [6.45, 7) is 4.32. The van der Waals surface area contributed by atoms with E-state index in [4.69, 9.17) is 14.6 Å². The number of ether oxygens (including phenoxy) is 1. The molecule has 0 radical (unpaired) electrons. The summed E-state index contributed by atoms with van der Waals surface area (Å²) >= 11 is 1.82. The Hall–Kier alpha value is -4.10. The molecule has 3 aromatic carbocycles. The third-order valence-corrected chi connectivity index (χ3v) is 10.4. The highest BCUT2D eigenvalue weighted by atomic mass is 32.2. The molecule has 3 heterocycles. The number of allylic oxidation sites excluding steroid dienone is 3. The van der Waals surface area contributed by atoms with Gasteiger partial charge in [-0.25, -0.2) is 4.57 Å². The van der Waals surface area contributed by atoms with E-state index in [1.807, 2.05) is 18.0 Å². The van der Waals surface area contributed by atoms with Gasteiger partial charge in [-0.3, -0.25) is 0 Å². The van der Waals surface area contributed by atoms with Crippen LogP contribution in [0.5, 0.6) is 0 Å². The normalized spacial score (nSPS) is 22.7. The van der Waals surface area contributed by atoms with Gasteiger partial charge in [-0.15, -0.1) is 0 Å². The van der Waals surface area contributed by atoms with E-state index in [1.54, 1.807) is 14.2 Å². The van der Waals surface area contributed by atoms with Gasteiger partial charge in [0, 0.05) is 12.0 Å². The standard InChI is InChI=1S/C36H34N3O2S/c1-26-24-35-22-14-15-23-39(35,41-4)34-37-25-31(38(34)33(35)27(2)32(26)40-3)42-36(28-16-8-5-9-17-28,29-18-10-6-11-19-29)30-20-12-7-13-21-30/h5-23,25H,24H2,1-4H3/q+1. The van der Waals surface area contributed by atoms with Gasteiger partial charge < -0.3 is 4.74 Å². The SMILES string of the molecule is COC1=C(C)CC23C=CC=C[N+]2(OC)c2ncc(SC(c4ccccc4)(c4ccccc4)c4ccccc4)n2C3=C1C. The summed E-state index contributed by atoms with van der Waals surface area (Å²) < 4.78 is 7.95. The molecule has 210 valence electrons. The summed E-state index contributed by atoms with van der Waals surface area (Å²) in [5, 5.41) is 1.04. The minimum absolute atomic E-state index is 0.167. The predicted molar refractivity (Wildman–Crippen MR) is 170 cm³/mol. The lowest BCUT2D eigenvalue weighted by Gasteiger charge is -2.42. The number of aromatic nitrogens is 2. The number of fused-ring (bicyclic) bond motifs is 3. The van der Waals surface area contributed by atoms with Crippen LogP contribution >= 0.6 is 11.8 Å². The van der Waals surface area contributed by atoms with Crippen molar-refractivity contribution in [1.82, 2.24) is 14.2 Å². The Kier molecular flexibility index (Phi) is 6.39. The molecule has 0 saturated heterocycles. The fourth-order valence-corrected chi connectivity index (χ4v) is 8.74. The van der Waals surface area contributed by atoms with E-state index in [2.05, 4.69) is 134 Å². The van der Waals surface area contributed by atoms with E-state index >= 15 is 0 Å². The first kappa shape index (κ1) is 26.8. The zero-order valence-corrected chi connectivity index (χ0v) is 25.1. The van der Waals surface area contributed by atoms with E-state index in [9.17, 15) is 0 Å². The second-order valence-corrected chi connectivity index (χ2v) is 12.3. The van der Waals surface area contributed by atoms with Crippen molar-refractivity contribution in [1.29, 1.82) is 0 Å². The van der Waals surface area contributed by atoms with Gasteiger partial charge in [0.15, 0.2) is 0 Å². The fraction of sp³-hybridized carbons (Fsp3) is 0.194. The van der Waals surface area contributed by atoms with E-state index in [1.165, 1.54) is 22.3 Å². The van der Waals surface area contributed by atoms with Gasteiger partial charge in [0.2, 0.25) is 5.54 Å². The average molecular weight is 573 g/mol. The fourth-order valence-electron chi connectivity index (χ4n) is 7.30. The second kappa shape index (κ2) is 10.0. The monoisotopic (exact) mass is 572 g/mol. The largest absolute Gasteiger partial charge is 0.496 e. The molecule has 0 saturated carbocycles. The molecule has 0 fully saturated rings. The van der Waals surface area contributed by atoms with Crippen LogP contribution in [0.2, 0.25) is 0 Å². The van der Waals surface area contributed by atoms with Crippen LogP contribution in [0.25, 0.3) is 5.70 Å². The van der Waals surface area contributed by atoms with Crippen molar-refractivity contribution in [2.24, 2.45) is 0 Å². The Labute approximate surface area is 251 Å². The first-order valence-corrected chi connectivity index (χ1v) is 15.1.